The van der Waals surface area contributed by atoms with E-state index in [1.807, 2.05) is 49.4 Å². The van der Waals surface area contributed by atoms with Crippen molar-refractivity contribution in [2.45, 2.75) is 6.92 Å². The lowest BCUT2D eigenvalue weighted by molar-refractivity contribution is -0.114. The van der Waals surface area contributed by atoms with Crippen LogP contribution in [0.5, 0.6) is 0 Å². The molecule has 0 unspecified atom stereocenters. The molecular formula is C35H28N3OP. The topological polar surface area (TPSA) is 45.0 Å². The molecule has 0 radical (unpaired) electrons. The number of para-hydroxylation sites is 1. The molecule has 194 valence electrons. The molecule has 0 atom stereocenters. The first kappa shape index (κ1) is 25.5. The van der Waals surface area contributed by atoms with E-state index in [1.165, 1.54) is 20.9 Å². The molecule has 0 fully saturated rings. The quantitative estimate of drug-likeness (QED) is 0.227. The van der Waals surface area contributed by atoms with E-state index in [-0.39, 0.29) is 5.91 Å². The summed E-state index contributed by atoms with van der Waals surface area (Å²) in [6.45, 7) is -0.493. The maximum Gasteiger partial charge on any atom is 0.282 e. The van der Waals surface area contributed by atoms with Crippen LogP contribution in [0, 0.1) is 0 Å². The Morgan fingerprint density at radius 3 is 1.68 bits per heavy atom. The number of hydrazone groups is 1. The van der Waals surface area contributed by atoms with Gasteiger partial charge in [-0.25, -0.2) is 0 Å². The fourth-order valence-corrected chi connectivity index (χ4v) is 9.59. The van der Waals surface area contributed by atoms with Gasteiger partial charge in [0.05, 0.1) is 22.7 Å². The van der Waals surface area contributed by atoms with Crippen LogP contribution in [0.3, 0.4) is 0 Å². The molecule has 0 aromatic heterocycles. The number of benzene rings is 4. The smallest absolute Gasteiger partial charge is 0.267 e. The lowest BCUT2D eigenvalue weighted by atomic mass is 10.1. The molecule has 0 N–H and O–H groups in total. The minimum atomic E-state index is -2.34. The van der Waals surface area contributed by atoms with Gasteiger partial charge >= 0.3 is 0 Å². The van der Waals surface area contributed by atoms with Gasteiger partial charge in [0.25, 0.3) is 5.91 Å². The Labute approximate surface area is 235 Å². The lowest BCUT2D eigenvalue weighted by Crippen LogP contribution is -2.32. The summed E-state index contributed by atoms with van der Waals surface area (Å²) in [4.78, 5) is 18.4. The van der Waals surface area contributed by atoms with Gasteiger partial charge < -0.3 is 0 Å². The Bertz CT molecular complexity index is 1650. The van der Waals surface area contributed by atoms with Crippen LogP contribution in [0.1, 0.15) is 6.92 Å². The number of hydrogen-bond donors (Lipinski definition) is 0. The molecule has 0 spiro atoms. The van der Waals surface area contributed by atoms with E-state index in [9.17, 15) is 4.79 Å². The van der Waals surface area contributed by atoms with Crippen molar-refractivity contribution < 1.29 is 4.79 Å². The zero-order valence-corrected chi connectivity index (χ0v) is 23.0. The first-order valence-electron chi connectivity index (χ1n) is 13.2. The number of amides is 1. The van der Waals surface area contributed by atoms with Gasteiger partial charge in [-0.2, -0.15) is 10.1 Å². The molecule has 1 aliphatic heterocycles. The number of rotatable bonds is 5. The SMILES string of the molecule is CC1=NN(c2ccccc2)C(=O)/C1=C\N=C1C=CC=CC1=P(c1ccccc1)(c1ccccc1)c1ccccc1. The Kier molecular flexibility index (Phi) is 7.09. The van der Waals surface area contributed by atoms with Gasteiger partial charge in [-0.15, -0.1) is 0 Å². The van der Waals surface area contributed by atoms with Gasteiger partial charge in [-0.3, -0.25) is 9.79 Å². The van der Waals surface area contributed by atoms with Crippen LogP contribution in [0.15, 0.2) is 167 Å². The molecule has 1 aliphatic carbocycles. The molecule has 40 heavy (non-hydrogen) atoms. The predicted molar refractivity (Wildman–Crippen MR) is 171 cm³/mol. The van der Waals surface area contributed by atoms with Crippen LogP contribution in [0.2, 0.25) is 0 Å². The number of hydrogen-bond acceptors (Lipinski definition) is 3. The zero-order chi connectivity index (χ0) is 27.4. The molecule has 4 aromatic carbocycles. The van der Waals surface area contributed by atoms with E-state index in [1.54, 1.807) is 6.20 Å². The molecule has 5 heteroatoms. The average molecular weight is 538 g/mol. The minimum absolute atomic E-state index is 0.180. The summed E-state index contributed by atoms with van der Waals surface area (Å²) in [6.07, 6.45) is 9.99. The number of allylic oxidation sites excluding steroid dienone is 4. The second-order valence-corrected chi connectivity index (χ2v) is 12.8. The highest BCUT2D eigenvalue weighted by atomic mass is 31.2. The highest BCUT2D eigenvalue weighted by molar-refractivity contribution is 7.96. The van der Waals surface area contributed by atoms with Crippen molar-refractivity contribution in [1.82, 2.24) is 0 Å². The van der Waals surface area contributed by atoms with E-state index in [4.69, 9.17) is 4.99 Å². The largest absolute Gasteiger partial charge is 0.282 e. The molecule has 1 amide bonds. The Morgan fingerprint density at radius 2 is 1.15 bits per heavy atom. The Hall–Kier alpha value is -4.79. The van der Waals surface area contributed by atoms with Crippen LogP contribution in [-0.2, 0) is 4.79 Å². The number of anilines is 1. The number of nitrogens with zero attached hydrogens (tertiary/aromatic N) is 3. The maximum absolute atomic E-state index is 13.4. The number of carbonyl (C=O) groups excluding carboxylic acids is 1. The predicted octanol–water partition coefficient (Wildman–Crippen LogP) is 6.03. The fraction of sp³-hybridized carbons (Fsp3) is 0.0286. The highest BCUT2D eigenvalue weighted by Gasteiger charge is 2.32. The first-order chi connectivity index (χ1) is 19.7. The third-order valence-corrected chi connectivity index (χ3v) is 11.4. The van der Waals surface area contributed by atoms with Crippen LogP contribution in [0.25, 0.3) is 0 Å². The molecule has 0 saturated carbocycles. The average Bonchev–Trinajstić information content (AvgIpc) is 3.31. The number of aliphatic imine (C=N–C) groups is 1. The maximum atomic E-state index is 13.4. The summed E-state index contributed by atoms with van der Waals surface area (Å²) in [5.41, 5.74) is 2.70. The third-order valence-electron chi connectivity index (χ3n) is 7.07. The van der Waals surface area contributed by atoms with E-state index in [2.05, 4.69) is 108 Å². The van der Waals surface area contributed by atoms with Crippen molar-refractivity contribution >= 4 is 51.1 Å². The van der Waals surface area contributed by atoms with Crippen molar-refractivity contribution in [3.63, 3.8) is 0 Å². The van der Waals surface area contributed by atoms with Crippen molar-refractivity contribution in [3.05, 3.63) is 157 Å². The van der Waals surface area contributed by atoms with Crippen LogP contribution >= 0.6 is 6.89 Å². The summed E-state index contributed by atoms with van der Waals surface area (Å²) >= 11 is 0. The van der Waals surface area contributed by atoms with E-state index in [0.717, 1.165) is 16.7 Å². The molecule has 6 rings (SSSR count). The van der Waals surface area contributed by atoms with E-state index >= 15 is 0 Å². The van der Waals surface area contributed by atoms with Crippen molar-refractivity contribution in [2.24, 2.45) is 10.1 Å². The van der Waals surface area contributed by atoms with Gasteiger partial charge in [0.15, 0.2) is 0 Å². The van der Waals surface area contributed by atoms with E-state index < -0.39 is 6.89 Å². The summed E-state index contributed by atoms with van der Waals surface area (Å²) < 4.78 is 0. The normalized spacial score (nSPS) is 17.1. The zero-order valence-electron chi connectivity index (χ0n) is 22.1. The summed E-state index contributed by atoms with van der Waals surface area (Å²) in [5, 5.41) is 10.8. The fourth-order valence-electron chi connectivity index (χ4n) is 5.22. The van der Waals surface area contributed by atoms with Crippen molar-refractivity contribution in [2.75, 3.05) is 5.01 Å². The number of carbonyl (C=O) groups is 1. The van der Waals surface area contributed by atoms with Gasteiger partial charge in [-0.1, -0.05) is 127 Å². The standard InChI is InChI=1S/C35H28N3OP/c1-27-32(35(39)38(37-27)28-16-6-2-7-17-28)26-36-33-24-14-15-25-34(33)40(29-18-8-3-9-19-29,30-20-10-4-11-21-30)31-22-12-5-13-23-31/h2-26H,1H3/b32-26-,36-33?. The third kappa shape index (κ3) is 4.53. The molecule has 0 saturated heterocycles. The molecule has 4 nitrogen and oxygen atoms in total. The van der Waals surface area contributed by atoms with Gasteiger partial charge in [-0.05, 0) is 47.9 Å². The Morgan fingerprint density at radius 1 is 0.675 bits per heavy atom. The second kappa shape index (κ2) is 11.1. The lowest BCUT2D eigenvalue weighted by Gasteiger charge is -2.32. The van der Waals surface area contributed by atoms with Crippen molar-refractivity contribution in [3.8, 4) is 0 Å². The first-order valence-corrected chi connectivity index (χ1v) is 15.0. The summed E-state index contributed by atoms with van der Waals surface area (Å²) in [7, 11) is 0. The minimum Gasteiger partial charge on any atom is -0.267 e. The van der Waals surface area contributed by atoms with Crippen LogP contribution in [0.4, 0.5) is 5.69 Å². The van der Waals surface area contributed by atoms with Gasteiger partial charge in [0.2, 0.25) is 0 Å². The van der Waals surface area contributed by atoms with Gasteiger partial charge in [0, 0.05) is 11.5 Å². The van der Waals surface area contributed by atoms with Crippen molar-refractivity contribution in [1.29, 1.82) is 0 Å². The van der Waals surface area contributed by atoms with E-state index in [0.29, 0.717) is 11.3 Å². The molecule has 1 heterocycles. The van der Waals surface area contributed by atoms with Gasteiger partial charge in [0.1, 0.15) is 0 Å². The summed E-state index contributed by atoms with van der Waals surface area (Å²) in [6, 6.07) is 41.6. The summed E-state index contributed by atoms with van der Waals surface area (Å²) in [5.74, 6) is -0.180. The molecular weight excluding hydrogens is 509 g/mol. The molecule has 0 bridgehead atoms. The molecule has 2 aliphatic rings. The highest BCUT2D eigenvalue weighted by Crippen LogP contribution is 2.47. The second-order valence-electron chi connectivity index (χ2n) is 9.48. The monoisotopic (exact) mass is 537 g/mol. The Balaban J connectivity index is 1.59. The van der Waals surface area contributed by atoms with Crippen LogP contribution in [-0.4, -0.2) is 22.6 Å². The van der Waals surface area contributed by atoms with Crippen LogP contribution < -0.4 is 20.9 Å². The molecule has 4 aromatic rings.